The molecule has 0 aliphatic heterocycles. The monoisotopic (exact) mass is 290 g/mol. The fourth-order valence-electron chi connectivity index (χ4n) is 2.12. The standard InChI is InChI=1S/C17H30N4/c1-6-18-17(20(3)4)19-13-12-15(2)21(5)14-16-10-8-7-9-11-16/h7-11,15H,6,12-14H2,1-5H3,(H,18,19). The van der Waals surface area contributed by atoms with Crippen LogP contribution in [0, 0.1) is 0 Å². The van der Waals surface area contributed by atoms with Crippen molar-refractivity contribution in [1.29, 1.82) is 0 Å². The summed E-state index contributed by atoms with van der Waals surface area (Å²) < 4.78 is 0. The Morgan fingerprint density at radius 1 is 1.19 bits per heavy atom. The van der Waals surface area contributed by atoms with Gasteiger partial charge in [-0.3, -0.25) is 9.89 Å². The summed E-state index contributed by atoms with van der Waals surface area (Å²) >= 11 is 0. The summed E-state index contributed by atoms with van der Waals surface area (Å²) in [6.45, 7) is 7.09. The number of hydrogen-bond acceptors (Lipinski definition) is 2. The Labute approximate surface area is 129 Å². The molecule has 0 spiro atoms. The van der Waals surface area contributed by atoms with Crippen LogP contribution in [0.15, 0.2) is 35.3 Å². The van der Waals surface area contributed by atoms with E-state index >= 15 is 0 Å². The number of nitrogens with one attached hydrogen (secondary N) is 1. The Morgan fingerprint density at radius 2 is 1.86 bits per heavy atom. The molecule has 118 valence electrons. The summed E-state index contributed by atoms with van der Waals surface area (Å²) in [6, 6.07) is 11.1. The highest BCUT2D eigenvalue weighted by molar-refractivity contribution is 5.79. The fourth-order valence-corrected chi connectivity index (χ4v) is 2.12. The van der Waals surface area contributed by atoms with Crippen LogP contribution in [0.2, 0.25) is 0 Å². The molecule has 1 aromatic carbocycles. The summed E-state index contributed by atoms with van der Waals surface area (Å²) in [5.41, 5.74) is 1.36. The Balaban J connectivity index is 2.42. The van der Waals surface area contributed by atoms with E-state index in [-0.39, 0.29) is 0 Å². The van der Waals surface area contributed by atoms with Gasteiger partial charge in [0.1, 0.15) is 0 Å². The van der Waals surface area contributed by atoms with Crippen molar-refractivity contribution < 1.29 is 0 Å². The quantitative estimate of drug-likeness (QED) is 0.618. The average Bonchev–Trinajstić information content (AvgIpc) is 2.47. The lowest BCUT2D eigenvalue weighted by atomic mass is 10.1. The van der Waals surface area contributed by atoms with Crippen LogP contribution in [-0.2, 0) is 6.54 Å². The zero-order chi connectivity index (χ0) is 15.7. The van der Waals surface area contributed by atoms with E-state index in [1.807, 2.05) is 19.0 Å². The first-order valence-electron chi connectivity index (χ1n) is 7.74. The van der Waals surface area contributed by atoms with Crippen LogP contribution in [-0.4, -0.2) is 56.0 Å². The maximum atomic E-state index is 4.65. The first-order valence-corrected chi connectivity index (χ1v) is 7.74. The molecule has 1 rings (SSSR count). The van der Waals surface area contributed by atoms with E-state index < -0.39 is 0 Å². The Hall–Kier alpha value is -1.55. The first-order chi connectivity index (χ1) is 10.0. The second-order valence-electron chi connectivity index (χ2n) is 5.67. The molecule has 0 amide bonds. The SMILES string of the molecule is CCNC(=NCCC(C)N(C)Cc1ccccc1)N(C)C. The highest BCUT2D eigenvalue weighted by Crippen LogP contribution is 2.08. The molecule has 4 heteroatoms. The molecule has 1 N–H and O–H groups in total. The number of nitrogens with zero attached hydrogens (tertiary/aromatic N) is 3. The molecule has 21 heavy (non-hydrogen) atoms. The molecule has 0 bridgehead atoms. The van der Waals surface area contributed by atoms with Crippen molar-refractivity contribution in [2.75, 3.05) is 34.2 Å². The Kier molecular flexibility index (Phi) is 7.83. The van der Waals surface area contributed by atoms with Gasteiger partial charge in [-0.05, 0) is 32.9 Å². The summed E-state index contributed by atoms with van der Waals surface area (Å²) in [4.78, 5) is 9.06. The highest BCUT2D eigenvalue weighted by Gasteiger charge is 2.09. The van der Waals surface area contributed by atoms with Gasteiger partial charge < -0.3 is 10.2 Å². The van der Waals surface area contributed by atoms with Crippen LogP contribution in [0.3, 0.4) is 0 Å². The van der Waals surface area contributed by atoms with Gasteiger partial charge in [0.05, 0.1) is 0 Å². The third-order valence-electron chi connectivity index (χ3n) is 3.59. The second-order valence-corrected chi connectivity index (χ2v) is 5.67. The number of guanidine groups is 1. The predicted octanol–water partition coefficient (Wildman–Crippen LogP) is 2.42. The van der Waals surface area contributed by atoms with E-state index in [1.165, 1.54) is 5.56 Å². The van der Waals surface area contributed by atoms with E-state index in [2.05, 4.69) is 66.4 Å². The van der Waals surface area contributed by atoms with Crippen LogP contribution in [0.4, 0.5) is 0 Å². The van der Waals surface area contributed by atoms with Crippen LogP contribution in [0.1, 0.15) is 25.8 Å². The molecule has 0 aliphatic rings. The lowest BCUT2D eigenvalue weighted by Crippen LogP contribution is -2.36. The van der Waals surface area contributed by atoms with Gasteiger partial charge in [0.25, 0.3) is 0 Å². The van der Waals surface area contributed by atoms with Gasteiger partial charge in [-0.1, -0.05) is 30.3 Å². The minimum atomic E-state index is 0.513. The molecule has 4 nitrogen and oxygen atoms in total. The van der Waals surface area contributed by atoms with E-state index in [4.69, 9.17) is 0 Å². The summed E-state index contributed by atoms with van der Waals surface area (Å²) in [6.07, 6.45) is 1.06. The molecule has 0 saturated heterocycles. The van der Waals surface area contributed by atoms with E-state index in [1.54, 1.807) is 0 Å². The van der Waals surface area contributed by atoms with Crippen LogP contribution < -0.4 is 5.32 Å². The maximum Gasteiger partial charge on any atom is 0.193 e. The zero-order valence-corrected chi connectivity index (χ0v) is 14.1. The van der Waals surface area contributed by atoms with Gasteiger partial charge in [-0.15, -0.1) is 0 Å². The number of aliphatic imine (C=N–C) groups is 1. The first kappa shape index (κ1) is 17.5. The zero-order valence-electron chi connectivity index (χ0n) is 14.1. The highest BCUT2D eigenvalue weighted by atomic mass is 15.3. The lowest BCUT2D eigenvalue weighted by molar-refractivity contribution is 0.240. The molecule has 0 aromatic heterocycles. The van der Waals surface area contributed by atoms with Crippen LogP contribution in [0.5, 0.6) is 0 Å². The van der Waals surface area contributed by atoms with Gasteiger partial charge in [0, 0.05) is 39.8 Å². The van der Waals surface area contributed by atoms with E-state index in [0.29, 0.717) is 6.04 Å². The number of rotatable bonds is 7. The minimum absolute atomic E-state index is 0.513. The molecule has 1 aromatic rings. The summed E-state index contributed by atoms with van der Waals surface area (Å²) in [7, 11) is 6.22. The molecule has 0 heterocycles. The summed E-state index contributed by atoms with van der Waals surface area (Å²) in [5, 5.41) is 3.29. The normalized spacial score (nSPS) is 13.3. The molecule has 1 unspecified atom stereocenters. The van der Waals surface area contributed by atoms with Crippen molar-refractivity contribution in [2.45, 2.75) is 32.9 Å². The van der Waals surface area contributed by atoms with Gasteiger partial charge >= 0.3 is 0 Å². The Bertz CT molecular complexity index is 414. The van der Waals surface area contributed by atoms with Crippen molar-refractivity contribution in [2.24, 2.45) is 4.99 Å². The minimum Gasteiger partial charge on any atom is -0.357 e. The van der Waals surface area contributed by atoms with Gasteiger partial charge in [-0.2, -0.15) is 0 Å². The van der Waals surface area contributed by atoms with E-state index in [0.717, 1.165) is 32.0 Å². The third kappa shape index (κ3) is 6.63. The van der Waals surface area contributed by atoms with Gasteiger partial charge in [-0.25, -0.2) is 0 Å². The smallest absolute Gasteiger partial charge is 0.193 e. The Morgan fingerprint density at radius 3 is 2.43 bits per heavy atom. The predicted molar refractivity (Wildman–Crippen MR) is 91.7 cm³/mol. The van der Waals surface area contributed by atoms with Crippen LogP contribution >= 0.6 is 0 Å². The third-order valence-corrected chi connectivity index (χ3v) is 3.59. The molecule has 0 fully saturated rings. The molecule has 0 radical (unpaired) electrons. The average molecular weight is 290 g/mol. The fraction of sp³-hybridized carbons (Fsp3) is 0.588. The van der Waals surface area contributed by atoms with E-state index in [9.17, 15) is 0 Å². The topological polar surface area (TPSA) is 30.9 Å². The van der Waals surface area contributed by atoms with Crippen molar-refractivity contribution in [3.63, 3.8) is 0 Å². The maximum absolute atomic E-state index is 4.65. The molecular formula is C17H30N4. The van der Waals surface area contributed by atoms with Crippen molar-refractivity contribution >= 4 is 5.96 Å². The molecule has 1 atom stereocenters. The number of hydrogen-bond donors (Lipinski definition) is 1. The largest absolute Gasteiger partial charge is 0.357 e. The van der Waals surface area contributed by atoms with Crippen molar-refractivity contribution in [1.82, 2.24) is 15.1 Å². The van der Waals surface area contributed by atoms with Crippen molar-refractivity contribution in [3.05, 3.63) is 35.9 Å². The summed E-state index contributed by atoms with van der Waals surface area (Å²) in [5.74, 6) is 0.968. The lowest BCUT2D eigenvalue weighted by Gasteiger charge is -2.24. The van der Waals surface area contributed by atoms with Gasteiger partial charge in [0.15, 0.2) is 5.96 Å². The molecule has 0 aliphatic carbocycles. The van der Waals surface area contributed by atoms with Crippen molar-refractivity contribution in [3.8, 4) is 0 Å². The van der Waals surface area contributed by atoms with Gasteiger partial charge in [0.2, 0.25) is 0 Å². The molecular weight excluding hydrogens is 260 g/mol. The molecule has 0 saturated carbocycles. The van der Waals surface area contributed by atoms with Crippen LogP contribution in [0.25, 0.3) is 0 Å². The second kappa shape index (κ2) is 9.40. The number of benzene rings is 1.